The molecule has 0 aliphatic heterocycles. The minimum atomic E-state index is 0.250. The van der Waals surface area contributed by atoms with Crippen molar-refractivity contribution < 1.29 is 10.2 Å². The maximum absolute atomic E-state index is 7.57. The highest BCUT2D eigenvalue weighted by Crippen LogP contribution is 2.07. The van der Waals surface area contributed by atoms with Gasteiger partial charge in [-0.1, -0.05) is 51.9 Å². The van der Waals surface area contributed by atoms with Gasteiger partial charge in [0.1, 0.15) is 0 Å². The van der Waals surface area contributed by atoms with E-state index < -0.39 is 0 Å². The van der Waals surface area contributed by atoms with Gasteiger partial charge in [-0.05, 0) is 26.8 Å². The fraction of sp³-hybridized carbons (Fsp3) is 1.00. The Labute approximate surface area is 108 Å². The van der Waals surface area contributed by atoms with Crippen molar-refractivity contribution >= 4 is 0 Å². The van der Waals surface area contributed by atoms with Gasteiger partial charge in [0.25, 0.3) is 0 Å². The summed E-state index contributed by atoms with van der Waals surface area (Å²) in [7, 11) is 0. The third kappa shape index (κ3) is 49.3. The average molecular weight is 249 g/mol. The maximum Gasteiger partial charge on any atom is 0.0402 e. The summed E-state index contributed by atoms with van der Waals surface area (Å²) in [6.07, 6.45) is 11.0. The van der Waals surface area contributed by atoms with Gasteiger partial charge in [0, 0.05) is 13.2 Å². The lowest BCUT2D eigenvalue weighted by molar-refractivity contribution is 0.318. The molecule has 108 valence electrons. The van der Waals surface area contributed by atoms with E-state index in [2.05, 4.69) is 6.92 Å². The van der Waals surface area contributed by atoms with Crippen molar-refractivity contribution in [2.24, 2.45) is 5.73 Å². The zero-order valence-corrected chi connectivity index (χ0v) is 12.2. The molecule has 0 bridgehead atoms. The Balaban J connectivity index is -0.000000273. The Morgan fingerprint density at radius 1 is 0.647 bits per heavy atom. The van der Waals surface area contributed by atoms with E-state index in [9.17, 15) is 0 Å². The van der Waals surface area contributed by atoms with Crippen LogP contribution >= 0.6 is 0 Å². The van der Waals surface area contributed by atoms with Gasteiger partial charge < -0.3 is 15.9 Å². The molecular formula is C14H35NO2. The third-order valence-corrected chi connectivity index (χ3v) is 2.06. The summed E-state index contributed by atoms with van der Waals surface area (Å²) in [5.74, 6) is 0. The number of nitrogens with two attached hydrogens (primary N) is 1. The second-order valence-corrected chi connectivity index (χ2v) is 3.90. The van der Waals surface area contributed by atoms with Crippen molar-refractivity contribution in [1.29, 1.82) is 0 Å². The summed E-state index contributed by atoms with van der Waals surface area (Å²) in [4.78, 5) is 0. The highest BCUT2D eigenvalue weighted by atomic mass is 16.3. The highest BCUT2D eigenvalue weighted by Gasteiger charge is 1.89. The average Bonchev–Trinajstić information content (AvgIpc) is 2.30. The van der Waals surface area contributed by atoms with Gasteiger partial charge in [0.05, 0.1) is 0 Å². The Morgan fingerprint density at radius 3 is 1.24 bits per heavy atom. The quantitative estimate of drug-likeness (QED) is 0.579. The minimum absolute atomic E-state index is 0.250. The molecule has 3 heteroatoms. The van der Waals surface area contributed by atoms with E-state index in [1.807, 2.05) is 0 Å². The Hall–Kier alpha value is -0.120. The first-order valence-electron chi connectivity index (χ1n) is 7.16. The van der Waals surface area contributed by atoms with E-state index in [-0.39, 0.29) is 13.2 Å². The zero-order valence-electron chi connectivity index (χ0n) is 12.2. The lowest BCUT2D eigenvalue weighted by Crippen LogP contribution is -1.97. The number of aliphatic hydroxyl groups excluding tert-OH is 2. The second-order valence-electron chi connectivity index (χ2n) is 3.90. The van der Waals surface area contributed by atoms with Crippen molar-refractivity contribution in [2.45, 2.75) is 72.1 Å². The molecule has 0 fully saturated rings. The van der Waals surface area contributed by atoms with E-state index >= 15 is 0 Å². The van der Waals surface area contributed by atoms with Crippen LogP contribution < -0.4 is 5.73 Å². The molecule has 0 aromatic heterocycles. The first-order chi connectivity index (χ1) is 8.24. The molecule has 4 N–H and O–H groups in total. The summed E-state index contributed by atoms with van der Waals surface area (Å²) in [6, 6.07) is 0. The summed E-state index contributed by atoms with van der Waals surface area (Å²) in [5.41, 5.74) is 5.39. The van der Waals surface area contributed by atoms with E-state index in [1.54, 1.807) is 13.8 Å². The van der Waals surface area contributed by atoms with E-state index in [4.69, 9.17) is 15.9 Å². The first-order valence-corrected chi connectivity index (χ1v) is 7.16. The van der Waals surface area contributed by atoms with Gasteiger partial charge in [0.2, 0.25) is 0 Å². The predicted molar refractivity (Wildman–Crippen MR) is 77.2 cm³/mol. The van der Waals surface area contributed by atoms with E-state index in [0.29, 0.717) is 0 Å². The van der Waals surface area contributed by atoms with Crippen LogP contribution in [0.1, 0.15) is 72.1 Å². The normalized spacial score (nSPS) is 8.82. The molecule has 0 aromatic carbocycles. The number of unbranched alkanes of at least 4 members (excludes halogenated alkanes) is 7. The molecule has 0 amide bonds. The Morgan fingerprint density at radius 2 is 0.941 bits per heavy atom. The molecule has 0 heterocycles. The molecular weight excluding hydrogens is 214 g/mol. The molecule has 0 aromatic rings. The van der Waals surface area contributed by atoms with Crippen molar-refractivity contribution in [3.05, 3.63) is 0 Å². The van der Waals surface area contributed by atoms with Crippen LogP contribution in [0.15, 0.2) is 0 Å². The fourth-order valence-electron chi connectivity index (χ4n) is 1.28. The summed E-state index contributed by atoms with van der Waals surface area (Å²) < 4.78 is 0. The van der Waals surface area contributed by atoms with Crippen LogP contribution in [0.3, 0.4) is 0 Å². The molecule has 0 aliphatic rings. The summed E-state index contributed by atoms with van der Waals surface area (Å²) in [5, 5.41) is 15.1. The minimum Gasteiger partial charge on any atom is -0.397 e. The van der Waals surface area contributed by atoms with Crippen molar-refractivity contribution in [3.63, 3.8) is 0 Å². The van der Waals surface area contributed by atoms with Gasteiger partial charge in [-0.25, -0.2) is 0 Å². The standard InChI is InChI=1S/C10H23N.2C2H6O/c1-2-3-4-5-6-7-8-9-10-11;2*1-2-3/h2-11H2,1H3;2*3H,2H2,1H3. The lowest BCUT2D eigenvalue weighted by atomic mass is 10.1. The van der Waals surface area contributed by atoms with Gasteiger partial charge in [-0.3, -0.25) is 0 Å². The second kappa shape index (κ2) is 29.7. The van der Waals surface area contributed by atoms with Crippen LogP contribution in [-0.4, -0.2) is 30.0 Å². The zero-order chi connectivity index (χ0) is 13.8. The molecule has 0 atom stereocenters. The molecule has 0 spiro atoms. The van der Waals surface area contributed by atoms with Gasteiger partial charge in [-0.2, -0.15) is 0 Å². The topological polar surface area (TPSA) is 66.5 Å². The molecule has 3 nitrogen and oxygen atoms in total. The molecule has 0 unspecified atom stereocenters. The van der Waals surface area contributed by atoms with Crippen molar-refractivity contribution in [1.82, 2.24) is 0 Å². The molecule has 0 radical (unpaired) electrons. The predicted octanol–water partition coefficient (Wildman–Crippen LogP) is 3.08. The smallest absolute Gasteiger partial charge is 0.0402 e. The van der Waals surface area contributed by atoms with Crippen LogP contribution in [-0.2, 0) is 0 Å². The van der Waals surface area contributed by atoms with Crippen LogP contribution in [0.2, 0.25) is 0 Å². The molecule has 0 saturated carbocycles. The largest absolute Gasteiger partial charge is 0.397 e. The Kier molecular flexibility index (Phi) is 38.6. The first kappa shape index (κ1) is 22.1. The monoisotopic (exact) mass is 249 g/mol. The Bertz CT molecular complexity index is 80.3. The third-order valence-electron chi connectivity index (χ3n) is 2.06. The summed E-state index contributed by atoms with van der Waals surface area (Å²) >= 11 is 0. The molecule has 17 heavy (non-hydrogen) atoms. The molecule has 0 rings (SSSR count). The van der Waals surface area contributed by atoms with Crippen LogP contribution in [0, 0.1) is 0 Å². The highest BCUT2D eigenvalue weighted by molar-refractivity contribution is 4.45. The number of rotatable bonds is 8. The maximum atomic E-state index is 7.57. The van der Waals surface area contributed by atoms with Crippen molar-refractivity contribution in [2.75, 3.05) is 19.8 Å². The van der Waals surface area contributed by atoms with E-state index in [0.717, 1.165) is 6.54 Å². The molecule has 0 aliphatic carbocycles. The van der Waals surface area contributed by atoms with Crippen molar-refractivity contribution in [3.8, 4) is 0 Å². The SMILES string of the molecule is CCCCCCCCCCN.CCO.CCO. The van der Waals surface area contributed by atoms with Gasteiger partial charge in [0.15, 0.2) is 0 Å². The van der Waals surface area contributed by atoms with Gasteiger partial charge >= 0.3 is 0 Å². The molecule has 0 saturated heterocycles. The number of hydrogen-bond acceptors (Lipinski definition) is 3. The lowest BCUT2D eigenvalue weighted by Gasteiger charge is -1.99. The van der Waals surface area contributed by atoms with E-state index in [1.165, 1.54) is 51.4 Å². The van der Waals surface area contributed by atoms with Gasteiger partial charge in [-0.15, -0.1) is 0 Å². The number of hydrogen-bond donors (Lipinski definition) is 3. The number of aliphatic hydroxyl groups is 2. The van der Waals surface area contributed by atoms with Crippen LogP contribution in [0.25, 0.3) is 0 Å². The summed E-state index contributed by atoms with van der Waals surface area (Å²) in [6.45, 7) is 6.99. The van der Waals surface area contributed by atoms with Crippen LogP contribution in [0.5, 0.6) is 0 Å². The fourth-order valence-corrected chi connectivity index (χ4v) is 1.28. The van der Waals surface area contributed by atoms with Crippen LogP contribution in [0.4, 0.5) is 0 Å².